The van der Waals surface area contributed by atoms with Crippen molar-refractivity contribution in [2.24, 2.45) is 5.92 Å². The molecule has 0 aliphatic rings. The zero-order valence-electron chi connectivity index (χ0n) is 22.5. The molecule has 0 spiro atoms. The normalized spacial score (nSPS) is 12.3. The number of hydrogen-bond acceptors (Lipinski definition) is 4. The Kier molecular flexibility index (Phi) is 11.9. The third kappa shape index (κ3) is 9.67. The van der Waals surface area contributed by atoms with Gasteiger partial charge in [-0.3, -0.25) is 13.9 Å². The highest BCUT2D eigenvalue weighted by atomic mass is 35.5. The van der Waals surface area contributed by atoms with Crippen molar-refractivity contribution < 1.29 is 18.0 Å². The lowest BCUT2D eigenvalue weighted by atomic mass is 10.1. The number of nitrogens with zero attached hydrogens (tertiary/aromatic N) is 2. The number of anilines is 1. The fraction of sp³-hybridized carbons (Fsp3) is 0.500. The Balaban J connectivity index is 2.19. The molecule has 0 fully saturated rings. The van der Waals surface area contributed by atoms with E-state index in [4.69, 9.17) is 11.6 Å². The van der Waals surface area contributed by atoms with Gasteiger partial charge in [0.15, 0.2) is 0 Å². The van der Waals surface area contributed by atoms with Crippen LogP contribution < -0.4 is 9.62 Å². The number of sulfonamides is 1. The van der Waals surface area contributed by atoms with E-state index in [0.29, 0.717) is 30.1 Å². The summed E-state index contributed by atoms with van der Waals surface area (Å²) in [6.45, 7) is 8.91. The zero-order valence-corrected chi connectivity index (χ0v) is 24.1. The molecule has 0 bridgehead atoms. The van der Waals surface area contributed by atoms with Gasteiger partial charge in [-0.25, -0.2) is 8.42 Å². The predicted molar refractivity (Wildman–Crippen MR) is 151 cm³/mol. The molecule has 9 heteroatoms. The van der Waals surface area contributed by atoms with Crippen LogP contribution in [0.2, 0.25) is 5.02 Å². The minimum absolute atomic E-state index is 0.112. The summed E-state index contributed by atoms with van der Waals surface area (Å²) in [6, 6.07) is 14.0. The largest absolute Gasteiger partial charge is 0.354 e. The van der Waals surface area contributed by atoms with Gasteiger partial charge in [0.05, 0.1) is 11.9 Å². The number of rotatable bonds is 14. The first-order valence-corrected chi connectivity index (χ1v) is 15.1. The molecule has 0 aliphatic heterocycles. The molecule has 2 aromatic carbocycles. The maximum Gasteiger partial charge on any atom is 0.242 e. The van der Waals surface area contributed by atoms with E-state index in [-0.39, 0.29) is 37.2 Å². The fourth-order valence-electron chi connectivity index (χ4n) is 4.03. The lowest BCUT2D eigenvalue weighted by Gasteiger charge is -2.31. The maximum atomic E-state index is 13.5. The van der Waals surface area contributed by atoms with Crippen molar-refractivity contribution in [3.63, 3.8) is 0 Å². The minimum Gasteiger partial charge on any atom is -0.354 e. The molecule has 1 N–H and O–H groups in total. The molecule has 204 valence electrons. The summed E-state index contributed by atoms with van der Waals surface area (Å²) in [4.78, 5) is 28.1. The van der Waals surface area contributed by atoms with Crippen LogP contribution in [0, 0.1) is 5.92 Å². The summed E-state index contributed by atoms with van der Waals surface area (Å²) in [5, 5.41) is 3.54. The van der Waals surface area contributed by atoms with Crippen molar-refractivity contribution >= 4 is 39.1 Å². The Morgan fingerprint density at radius 1 is 0.973 bits per heavy atom. The van der Waals surface area contributed by atoms with Crippen molar-refractivity contribution in [2.75, 3.05) is 23.7 Å². The molecule has 1 atom stereocenters. The first kappa shape index (κ1) is 30.6. The second-order valence-electron chi connectivity index (χ2n) is 9.67. The summed E-state index contributed by atoms with van der Waals surface area (Å²) in [6.07, 6.45) is 2.92. The maximum absolute atomic E-state index is 13.5. The van der Waals surface area contributed by atoms with Gasteiger partial charge >= 0.3 is 0 Å². The van der Waals surface area contributed by atoms with Gasteiger partial charge in [0.25, 0.3) is 0 Å². The Morgan fingerprint density at radius 2 is 1.57 bits per heavy atom. The Bertz CT molecular complexity index is 1120. The summed E-state index contributed by atoms with van der Waals surface area (Å²) < 4.78 is 26.3. The lowest BCUT2D eigenvalue weighted by Crippen LogP contribution is -2.49. The van der Waals surface area contributed by atoms with Crippen LogP contribution in [0.25, 0.3) is 0 Å². The molecular weight excluding hydrogens is 510 g/mol. The van der Waals surface area contributed by atoms with E-state index in [2.05, 4.69) is 5.32 Å². The zero-order chi connectivity index (χ0) is 27.6. The smallest absolute Gasteiger partial charge is 0.242 e. The molecule has 2 rings (SSSR count). The van der Waals surface area contributed by atoms with Gasteiger partial charge in [0, 0.05) is 31.1 Å². The van der Waals surface area contributed by atoms with E-state index in [1.54, 1.807) is 29.2 Å². The van der Waals surface area contributed by atoms with Crippen molar-refractivity contribution in [1.29, 1.82) is 0 Å². The van der Waals surface area contributed by atoms with E-state index in [9.17, 15) is 18.0 Å². The standard InChI is InChI=1S/C28H40ClN3O4S/c1-6-22-12-16-25(17-13-22)32(37(5,35)36)18-8-9-27(33)31(20-23-10-14-24(29)15-11-23)26(7-2)28(34)30-19-21(3)4/h10-17,21,26H,6-9,18-20H2,1-5H3,(H,30,34)/t26-/m0/s1. The molecule has 0 heterocycles. The van der Waals surface area contributed by atoms with Gasteiger partial charge in [0.1, 0.15) is 6.04 Å². The van der Waals surface area contributed by atoms with Gasteiger partial charge in [-0.05, 0) is 60.6 Å². The summed E-state index contributed by atoms with van der Waals surface area (Å²) in [5.74, 6) is -0.0983. The minimum atomic E-state index is -3.53. The van der Waals surface area contributed by atoms with Crippen molar-refractivity contribution in [1.82, 2.24) is 10.2 Å². The number of nitrogens with one attached hydrogen (secondary N) is 1. The van der Waals surface area contributed by atoms with Crippen LogP contribution in [0.3, 0.4) is 0 Å². The van der Waals surface area contributed by atoms with E-state index < -0.39 is 16.1 Å². The number of carbonyl (C=O) groups is 2. The van der Waals surface area contributed by atoms with Crippen LogP contribution in [0.15, 0.2) is 48.5 Å². The Labute approximate surface area is 227 Å². The van der Waals surface area contributed by atoms with Crippen LogP contribution >= 0.6 is 11.6 Å². The Hall–Kier alpha value is -2.58. The highest BCUT2D eigenvalue weighted by molar-refractivity contribution is 7.92. The van der Waals surface area contributed by atoms with Crippen LogP contribution in [-0.4, -0.2) is 50.5 Å². The average molecular weight is 550 g/mol. The van der Waals surface area contributed by atoms with Gasteiger partial charge in [-0.2, -0.15) is 0 Å². The highest BCUT2D eigenvalue weighted by Crippen LogP contribution is 2.21. The first-order chi connectivity index (χ1) is 17.5. The quantitative estimate of drug-likeness (QED) is 0.358. The molecule has 2 amide bonds. The second-order valence-corrected chi connectivity index (χ2v) is 12.0. The first-order valence-electron chi connectivity index (χ1n) is 12.8. The average Bonchev–Trinajstić information content (AvgIpc) is 2.85. The van der Waals surface area contributed by atoms with E-state index in [1.165, 1.54) is 10.6 Å². The number of halogens is 1. The van der Waals surface area contributed by atoms with E-state index in [1.807, 2.05) is 52.0 Å². The van der Waals surface area contributed by atoms with Crippen molar-refractivity contribution in [3.8, 4) is 0 Å². The highest BCUT2D eigenvalue weighted by Gasteiger charge is 2.29. The van der Waals surface area contributed by atoms with Gasteiger partial charge in [-0.15, -0.1) is 0 Å². The third-order valence-electron chi connectivity index (χ3n) is 6.12. The molecule has 0 saturated carbocycles. The van der Waals surface area contributed by atoms with Crippen LogP contribution in [0.5, 0.6) is 0 Å². The van der Waals surface area contributed by atoms with Gasteiger partial charge in [0.2, 0.25) is 21.8 Å². The monoisotopic (exact) mass is 549 g/mol. The molecule has 0 aliphatic carbocycles. The van der Waals surface area contributed by atoms with E-state index >= 15 is 0 Å². The van der Waals surface area contributed by atoms with Crippen molar-refractivity contribution in [2.45, 2.75) is 66.0 Å². The van der Waals surface area contributed by atoms with Gasteiger partial charge in [-0.1, -0.05) is 63.6 Å². The van der Waals surface area contributed by atoms with Crippen molar-refractivity contribution in [3.05, 3.63) is 64.7 Å². The van der Waals surface area contributed by atoms with Crippen LogP contribution in [-0.2, 0) is 32.6 Å². The molecule has 0 aromatic heterocycles. The molecule has 37 heavy (non-hydrogen) atoms. The summed E-state index contributed by atoms with van der Waals surface area (Å²) >= 11 is 6.03. The Morgan fingerprint density at radius 3 is 2.08 bits per heavy atom. The fourth-order valence-corrected chi connectivity index (χ4v) is 5.12. The number of benzene rings is 2. The molecule has 2 aromatic rings. The van der Waals surface area contributed by atoms with Crippen LogP contribution in [0.1, 0.15) is 58.1 Å². The van der Waals surface area contributed by atoms with Gasteiger partial charge < -0.3 is 10.2 Å². The van der Waals surface area contributed by atoms with Crippen LogP contribution in [0.4, 0.5) is 5.69 Å². The van der Waals surface area contributed by atoms with E-state index in [0.717, 1.165) is 17.5 Å². The predicted octanol–water partition coefficient (Wildman–Crippen LogP) is 5.03. The number of carbonyl (C=O) groups excluding carboxylic acids is 2. The molecule has 7 nitrogen and oxygen atoms in total. The SMILES string of the molecule is CCc1ccc(N(CCCC(=O)N(Cc2ccc(Cl)cc2)[C@@H](CC)C(=O)NCC(C)C)S(C)(=O)=O)cc1. The number of hydrogen-bond donors (Lipinski definition) is 1. The number of amides is 2. The summed E-state index contributed by atoms with van der Waals surface area (Å²) in [7, 11) is -3.53. The number of aryl methyl sites for hydroxylation is 1. The topological polar surface area (TPSA) is 86.8 Å². The molecule has 0 radical (unpaired) electrons. The third-order valence-corrected chi connectivity index (χ3v) is 7.57. The lowest BCUT2D eigenvalue weighted by molar-refractivity contribution is -0.141. The summed E-state index contributed by atoms with van der Waals surface area (Å²) in [5.41, 5.74) is 2.55. The molecule has 0 unspecified atom stereocenters. The molecule has 0 saturated heterocycles. The molecular formula is C28H40ClN3O4S. The second kappa shape index (κ2) is 14.4.